The third-order valence-electron chi connectivity index (χ3n) is 5.16. The highest BCUT2D eigenvalue weighted by atomic mass is 16.5. The zero-order chi connectivity index (χ0) is 15.7. The summed E-state index contributed by atoms with van der Waals surface area (Å²) in [4.78, 5) is 14.6. The summed E-state index contributed by atoms with van der Waals surface area (Å²) in [6, 6.07) is 8.05. The lowest BCUT2D eigenvalue weighted by atomic mass is 9.92. The van der Waals surface area contributed by atoms with E-state index in [9.17, 15) is 9.90 Å². The minimum absolute atomic E-state index is 0.134. The fourth-order valence-corrected chi connectivity index (χ4v) is 3.55. The van der Waals surface area contributed by atoms with Gasteiger partial charge < -0.3 is 14.7 Å². The molecule has 1 aliphatic carbocycles. The van der Waals surface area contributed by atoms with Gasteiger partial charge in [0.2, 0.25) is 5.91 Å². The Morgan fingerprint density at radius 3 is 2.73 bits per heavy atom. The first-order valence-electron chi connectivity index (χ1n) is 8.21. The van der Waals surface area contributed by atoms with Crippen LogP contribution in [0.15, 0.2) is 24.3 Å². The van der Waals surface area contributed by atoms with Gasteiger partial charge in [-0.25, -0.2) is 0 Å². The Morgan fingerprint density at radius 2 is 2.09 bits per heavy atom. The summed E-state index contributed by atoms with van der Waals surface area (Å²) in [7, 11) is 1.67. The van der Waals surface area contributed by atoms with E-state index in [1.54, 1.807) is 7.11 Å². The molecule has 2 fully saturated rings. The number of methoxy groups -OCH3 is 1. The van der Waals surface area contributed by atoms with Crippen LogP contribution in [0.3, 0.4) is 0 Å². The molecule has 3 unspecified atom stereocenters. The van der Waals surface area contributed by atoms with E-state index >= 15 is 0 Å². The van der Waals surface area contributed by atoms with Gasteiger partial charge in [0, 0.05) is 19.0 Å². The molecule has 4 heteroatoms. The minimum atomic E-state index is -0.261. The molecule has 120 valence electrons. The molecule has 1 aliphatic heterocycles. The standard InChI is InChI=1S/C18H25NO3/c1-12(20)13-6-8-19(9-7-13)18(21)17-11-16(17)14-4-3-5-15(10-14)22-2/h3-5,10,12-13,16-17,20H,6-9,11H2,1-2H3. The van der Waals surface area contributed by atoms with Gasteiger partial charge in [-0.05, 0) is 55.7 Å². The number of piperidine rings is 1. The van der Waals surface area contributed by atoms with Gasteiger partial charge in [-0.1, -0.05) is 12.1 Å². The average Bonchev–Trinajstić information content (AvgIpc) is 3.35. The number of carbonyl (C=O) groups is 1. The molecule has 2 aliphatic rings. The number of aliphatic hydroxyl groups excluding tert-OH is 1. The van der Waals surface area contributed by atoms with Gasteiger partial charge in [-0.3, -0.25) is 4.79 Å². The summed E-state index contributed by atoms with van der Waals surface area (Å²) < 4.78 is 5.26. The average molecular weight is 303 g/mol. The molecule has 4 nitrogen and oxygen atoms in total. The number of amides is 1. The first kappa shape index (κ1) is 15.3. The normalized spacial score (nSPS) is 26.6. The maximum Gasteiger partial charge on any atom is 0.226 e. The first-order valence-corrected chi connectivity index (χ1v) is 8.21. The first-order chi connectivity index (χ1) is 10.6. The largest absolute Gasteiger partial charge is 0.497 e. The van der Waals surface area contributed by atoms with E-state index in [0.29, 0.717) is 11.8 Å². The van der Waals surface area contributed by atoms with Crippen molar-refractivity contribution >= 4 is 5.91 Å². The number of benzene rings is 1. The van der Waals surface area contributed by atoms with E-state index in [1.807, 2.05) is 30.0 Å². The van der Waals surface area contributed by atoms with Crippen LogP contribution in [-0.2, 0) is 4.79 Å². The van der Waals surface area contributed by atoms with E-state index in [0.717, 1.165) is 38.1 Å². The highest BCUT2D eigenvalue weighted by molar-refractivity contribution is 5.83. The molecule has 1 saturated carbocycles. The Hall–Kier alpha value is -1.55. The third-order valence-corrected chi connectivity index (χ3v) is 5.16. The Labute approximate surface area is 132 Å². The Bertz CT molecular complexity index is 535. The maximum absolute atomic E-state index is 12.6. The van der Waals surface area contributed by atoms with Gasteiger partial charge in [0.25, 0.3) is 0 Å². The molecule has 1 heterocycles. The topological polar surface area (TPSA) is 49.8 Å². The molecule has 1 N–H and O–H groups in total. The summed E-state index contributed by atoms with van der Waals surface area (Å²) in [5.74, 6) is 1.97. The zero-order valence-electron chi connectivity index (χ0n) is 13.4. The second-order valence-corrected chi connectivity index (χ2v) is 6.63. The summed E-state index contributed by atoms with van der Waals surface area (Å²) >= 11 is 0. The number of rotatable bonds is 4. The molecule has 0 bridgehead atoms. The van der Waals surface area contributed by atoms with E-state index in [1.165, 1.54) is 5.56 Å². The van der Waals surface area contributed by atoms with Crippen molar-refractivity contribution in [3.05, 3.63) is 29.8 Å². The predicted octanol–water partition coefficient (Wildman–Crippen LogP) is 2.42. The highest BCUT2D eigenvalue weighted by Gasteiger charge is 2.46. The summed E-state index contributed by atoms with van der Waals surface area (Å²) in [6.07, 6.45) is 2.52. The van der Waals surface area contributed by atoms with Crippen LogP contribution in [-0.4, -0.2) is 42.2 Å². The molecule has 3 atom stereocenters. The lowest BCUT2D eigenvalue weighted by molar-refractivity contribution is -0.134. The molecule has 0 radical (unpaired) electrons. The lowest BCUT2D eigenvalue weighted by Crippen LogP contribution is -2.41. The number of nitrogens with zero attached hydrogens (tertiary/aromatic N) is 1. The van der Waals surface area contributed by atoms with Crippen LogP contribution in [0.2, 0.25) is 0 Å². The molecule has 0 aromatic heterocycles. The molecular formula is C18H25NO3. The molecule has 22 heavy (non-hydrogen) atoms. The summed E-state index contributed by atoms with van der Waals surface area (Å²) in [5.41, 5.74) is 1.21. The van der Waals surface area contributed by atoms with Crippen molar-refractivity contribution < 1.29 is 14.6 Å². The molecule has 1 amide bonds. The fraction of sp³-hybridized carbons (Fsp3) is 0.611. The van der Waals surface area contributed by atoms with Crippen molar-refractivity contribution in [1.29, 1.82) is 0 Å². The van der Waals surface area contributed by atoms with Gasteiger partial charge in [-0.2, -0.15) is 0 Å². The van der Waals surface area contributed by atoms with Gasteiger partial charge in [-0.15, -0.1) is 0 Å². The van der Waals surface area contributed by atoms with Crippen LogP contribution in [0.4, 0.5) is 0 Å². The number of carbonyl (C=O) groups excluding carboxylic acids is 1. The maximum atomic E-state index is 12.6. The lowest BCUT2D eigenvalue weighted by Gasteiger charge is -2.33. The third kappa shape index (κ3) is 3.12. The van der Waals surface area contributed by atoms with Crippen LogP contribution >= 0.6 is 0 Å². The SMILES string of the molecule is COc1cccc(C2CC2C(=O)N2CCC(C(C)O)CC2)c1. The number of likely N-dealkylation sites (tertiary alicyclic amines) is 1. The molecule has 0 spiro atoms. The van der Waals surface area contributed by atoms with Gasteiger partial charge in [0.15, 0.2) is 0 Å². The number of ether oxygens (including phenoxy) is 1. The number of hydrogen-bond donors (Lipinski definition) is 1. The second kappa shape index (κ2) is 6.29. The van der Waals surface area contributed by atoms with Crippen molar-refractivity contribution in [1.82, 2.24) is 4.90 Å². The van der Waals surface area contributed by atoms with Crippen LogP contribution < -0.4 is 4.74 Å². The van der Waals surface area contributed by atoms with Crippen molar-refractivity contribution in [2.24, 2.45) is 11.8 Å². The van der Waals surface area contributed by atoms with Crippen molar-refractivity contribution in [3.63, 3.8) is 0 Å². The molecule has 1 aromatic rings. The van der Waals surface area contributed by atoms with Crippen LogP contribution in [0.5, 0.6) is 5.75 Å². The smallest absolute Gasteiger partial charge is 0.226 e. The van der Waals surface area contributed by atoms with Crippen molar-refractivity contribution in [2.45, 2.75) is 38.2 Å². The number of aliphatic hydroxyl groups is 1. The van der Waals surface area contributed by atoms with Crippen LogP contribution in [0, 0.1) is 11.8 Å². The molecular weight excluding hydrogens is 278 g/mol. The summed E-state index contributed by atoms with van der Waals surface area (Å²) in [5, 5.41) is 9.65. The highest BCUT2D eigenvalue weighted by Crippen LogP contribution is 2.49. The molecule has 1 aromatic carbocycles. The quantitative estimate of drug-likeness (QED) is 0.929. The fourth-order valence-electron chi connectivity index (χ4n) is 3.55. The predicted molar refractivity (Wildman–Crippen MR) is 84.8 cm³/mol. The van der Waals surface area contributed by atoms with Crippen LogP contribution in [0.25, 0.3) is 0 Å². The Morgan fingerprint density at radius 1 is 1.36 bits per heavy atom. The van der Waals surface area contributed by atoms with Crippen molar-refractivity contribution in [3.8, 4) is 5.75 Å². The van der Waals surface area contributed by atoms with E-state index < -0.39 is 0 Å². The molecule has 1 saturated heterocycles. The van der Waals surface area contributed by atoms with Crippen LogP contribution in [0.1, 0.15) is 37.7 Å². The van der Waals surface area contributed by atoms with E-state index in [-0.39, 0.29) is 17.9 Å². The minimum Gasteiger partial charge on any atom is -0.497 e. The molecule has 3 rings (SSSR count). The van der Waals surface area contributed by atoms with E-state index in [2.05, 4.69) is 6.07 Å². The second-order valence-electron chi connectivity index (χ2n) is 6.63. The van der Waals surface area contributed by atoms with E-state index in [4.69, 9.17) is 4.74 Å². The van der Waals surface area contributed by atoms with Gasteiger partial charge in [0.05, 0.1) is 13.2 Å². The monoisotopic (exact) mass is 303 g/mol. The van der Waals surface area contributed by atoms with Gasteiger partial charge >= 0.3 is 0 Å². The summed E-state index contributed by atoms with van der Waals surface area (Å²) in [6.45, 7) is 3.42. The zero-order valence-corrected chi connectivity index (χ0v) is 13.4. The Balaban J connectivity index is 1.57. The number of hydrogen-bond acceptors (Lipinski definition) is 3. The Kier molecular flexibility index (Phi) is 4.39. The van der Waals surface area contributed by atoms with Gasteiger partial charge in [0.1, 0.15) is 5.75 Å². The van der Waals surface area contributed by atoms with Crippen molar-refractivity contribution in [2.75, 3.05) is 20.2 Å².